The van der Waals surface area contributed by atoms with Gasteiger partial charge < -0.3 is 9.84 Å². The van der Waals surface area contributed by atoms with Gasteiger partial charge in [-0.2, -0.15) is 0 Å². The molecule has 3 aromatic rings. The number of aliphatic hydroxyl groups is 1. The van der Waals surface area contributed by atoms with Crippen LogP contribution in [0.3, 0.4) is 0 Å². The number of rotatable bonds is 4. The number of aliphatic hydroxyl groups excluding tert-OH is 1. The fraction of sp³-hybridized carbons (Fsp3) is 0.0870. The van der Waals surface area contributed by atoms with Crippen molar-refractivity contribution in [1.29, 1.82) is 0 Å². The number of hydrogen-bond acceptors (Lipinski definition) is 5. The van der Waals surface area contributed by atoms with Crippen molar-refractivity contribution in [2.45, 2.75) is 6.04 Å². The zero-order chi connectivity index (χ0) is 23.0. The summed E-state index contributed by atoms with van der Waals surface area (Å²) in [5, 5.41) is 11.3. The molecule has 1 aromatic heterocycles. The van der Waals surface area contributed by atoms with E-state index in [0.29, 0.717) is 0 Å². The molecule has 162 valence electrons. The largest absolute Gasteiger partial charge is 0.507 e. The maximum absolute atomic E-state index is 14.6. The third-order valence-electron chi connectivity index (χ3n) is 5.00. The molecular weight excluding hydrogens is 442 g/mol. The van der Waals surface area contributed by atoms with Gasteiger partial charge in [-0.15, -0.1) is 0 Å². The summed E-state index contributed by atoms with van der Waals surface area (Å²) in [5.74, 6) is -4.22. The minimum absolute atomic E-state index is 0.143. The first-order chi connectivity index (χ1) is 15.3. The van der Waals surface area contributed by atoms with Crippen LogP contribution in [0.4, 0.5) is 14.5 Å². The van der Waals surface area contributed by atoms with E-state index < -0.39 is 40.8 Å². The van der Waals surface area contributed by atoms with Gasteiger partial charge in [0.05, 0.1) is 29.1 Å². The van der Waals surface area contributed by atoms with Gasteiger partial charge in [0.25, 0.3) is 11.7 Å². The van der Waals surface area contributed by atoms with Crippen LogP contribution in [-0.2, 0) is 9.59 Å². The number of nitrogens with zero attached hydrogens (tertiary/aromatic N) is 2. The molecule has 1 saturated heterocycles. The fourth-order valence-electron chi connectivity index (χ4n) is 3.53. The molecule has 1 amide bonds. The van der Waals surface area contributed by atoms with Gasteiger partial charge >= 0.3 is 0 Å². The Balaban J connectivity index is 1.97. The number of carbonyl (C=O) groups excluding carboxylic acids is 2. The third-order valence-corrected chi connectivity index (χ3v) is 5.32. The lowest BCUT2D eigenvalue weighted by Gasteiger charge is -2.25. The summed E-state index contributed by atoms with van der Waals surface area (Å²) in [7, 11) is 1.38. The number of ketones is 1. The number of halogens is 3. The number of methoxy groups -OCH3 is 1. The topological polar surface area (TPSA) is 79.7 Å². The van der Waals surface area contributed by atoms with Gasteiger partial charge in [0, 0.05) is 17.8 Å². The number of hydrogen-bond donors (Lipinski definition) is 1. The van der Waals surface area contributed by atoms with E-state index in [-0.39, 0.29) is 27.6 Å². The first-order valence-corrected chi connectivity index (χ1v) is 9.72. The highest BCUT2D eigenvalue weighted by Crippen LogP contribution is 2.43. The second-order valence-corrected chi connectivity index (χ2v) is 7.28. The Morgan fingerprint density at radius 2 is 1.91 bits per heavy atom. The van der Waals surface area contributed by atoms with E-state index >= 15 is 0 Å². The second-order valence-electron chi connectivity index (χ2n) is 6.87. The SMILES string of the molecule is COc1cc(/C(O)=C2\C(=O)C(=O)N(c3cc(F)ccc3F)C2c2ccccn2)ccc1Cl. The molecule has 1 aliphatic rings. The molecule has 0 aliphatic carbocycles. The van der Waals surface area contributed by atoms with Crippen LogP contribution in [0.25, 0.3) is 5.76 Å². The Bertz CT molecular complexity index is 1260. The predicted molar refractivity (Wildman–Crippen MR) is 113 cm³/mol. The first kappa shape index (κ1) is 21.5. The summed E-state index contributed by atoms with van der Waals surface area (Å²) in [6.07, 6.45) is 1.42. The van der Waals surface area contributed by atoms with E-state index in [1.54, 1.807) is 12.1 Å². The highest BCUT2D eigenvalue weighted by molar-refractivity contribution is 6.51. The van der Waals surface area contributed by atoms with Crippen molar-refractivity contribution in [2.24, 2.45) is 0 Å². The third kappa shape index (κ3) is 3.58. The average molecular weight is 457 g/mol. The molecular formula is C23H15ClF2N2O4. The van der Waals surface area contributed by atoms with Gasteiger partial charge in [-0.3, -0.25) is 19.5 Å². The van der Waals surface area contributed by atoms with Gasteiger partial charge in [-0.05, 0) is 42.5 Å². The Hall–Kier alpha value is -3.78. The fourth-order valence-corrected chi connectivity index (χ4v) is 3.73. The molecule has 0 bridgehead atoms. The summed E-state index contributed by atoms with van der Waals surface area (Å²) in [5.41, 5.74) is -0.458. The molecule has 6 nitrogen and oxygen atoms in total. The summed E-state index contributed by atoms with van der Waals surface area (Å²) >= 11 is 6.03. The van der Waals surface area contributed by atoms with Crippen LogP contribution in [0, 0.1) is 11.6 Å². The summed E-state index contributed by atoms with van der Waals surface area (Å²) < 4.78 is 33.7. The lowest BCUT2D eigenvalue weighted by molar-refractivity contribution is -0.132. The summed E-state index contributed by atoms with van der Waals surface area (Å²) in [6, 6.07) is 10.3. The average Bonchev–Trinajstić information content (AvgIpc) is 3.06. The quantitative estimate of drug-likeness (QED) is 0.351. The number of Topliss-reactive ketones (excluding diaryl/α,β-unsaturated/α-hetero) is 1. The van der Waals surface area contributed by atoms with Crippen molar-refractivity contribution in [3.05, 3.63) is 94.3 Å². The number of carbonyl (C=O) groups is 2. The molecule has 2 aromatic carbocycles. The molecule has 2 heterocycles. The summed E-state index contributed by atoms with van der Waals surface area (Å²) in [6.45, 7) is 0. The Kier molecular flexibility index (Phi) is 5.63. The standard InChI is InChI=1S/C23H15ClF2N2O4/c1-32-18-10-12(5-7-14(18)24)21(29)19-20(16-4-2-3-9-27-16)28(23(31)22(19)30)17-11-13(25)6-8-15(17)26/h2-11,20,29H,1H3/b21-19+. The Morgan fingerprint density at radius 1 is 1.12 bits per heavy atom. The zero-order valence-electron chi connectivity index (χ0n) is 16.6. The van der Waals surface area contributed by atoms with Crippen LogP contribution in [0.5, 0.6) is 5.75 Å². The molecule has 9 heteroatoms. The highest BCUT2D eigenvalue weighted by Gasteiger charge is 2.48. The molecule has 1 N–H and O–H groups in total. The smallest absolute Gasteiger partial charge is 0.300 e. The number of aromatic nitrogens is 1. The van der Waals surface area contributed by atoms with Gasteiger partial charge in [-0.25, -0.2) is 8.78 Å². The van der Waals surface area contributed by atoms with Gasteiger partial charge in [0.2, 0.25) is 0 Å². The highest BCUT2D eigenvalue weighted by atomic mass is 35.5. The lowest BCUT2D eigenvalue weighted by atomic mass is 9.98. The van der Waals surface area contributed by atoms with Crippen molar-refractivity contribution in [1.82, 2.24) is 4.98 Å². The summed E-state index contributed by atoms with van der Waals surface area (Å²) in [4.78, 5) is 30.9. The molecule has 4 rings (SSSR count). The number of ether oxygens (including phenoxy) is 1. The normalized spacial score (nSPS) is 17.6. The molecule has 0 spiro atoms. The second kappa shape index (κ2) is 8.39. The van der Waals surface area contributed by atoms with Crippen molar-refractivity contribution < 1.29 is 28.2 Å². The van der Waals surface area contributed by atoms with E-state index in [0.717, 1.165) is 23.1 Å². The van der Waals surface area contributed by atoms with Crippen LogP contribution in [-0.4, -0.2) is 28.9 Å². The molecule has 32 heavy (non-hydrogen) atoms. The number of amides is 1. The van der Waals surface area contributed by atoms with Crippen LogP contribution in [0.2, 0.25) is 5.02 Å². The Labute approximate surface area is 186 Å². The van der Waals surface area contributed by atoms with Gasteiger partial charge in [0.15, 0.2) is 0 Å². The van der Waals surface area contributed by atoms with E-state index in [4.69, 9.17) is 16.3 Å². The zero-order valence-corrected chi connectivity index (χ0v) is 17.3. The van der Waals surface area contributed by atoms with Crippen LogP contribution in [0.1, 0.15) is 17.3 Å². The van der Waals surface area contributed by atoms with E-state index in [2.05, 4.69) is 4.98 Å². The molecule has 0 radical (unpaired) electrons. The molecule has 1 fully saturated rings. The Morgan fingerprint density at radius 3 is 2.59 bits per heavy atom. The molecule has 1 atom stereocenters. The van der Waals surface area contributed by atoms with E-state index in [9.17, 15) is 23.5 Å². The van der Waals surface area contributed by atoms with Crippen LogP contribution in [0.15, 0.2) is 66.4 Å². The minimum atomic E-state index is -1.30. The number of anilines is 1. The number of pyridine rings is 1. The van der Waals surface area contributed by atoms with Crippen molar-refractivity contribution >= 4 is 34.7 Å². The minimum Gasteiger partial charge on any atom is -0.507 e. The van der Waals surface area contributed by atoms with Gasteiger partial charge in [-0.1, -0.05) is 17.7 Å². The molecule has 1 unspecified atom stereocenters. The maximum atomic E-state index is 14.6. The maximum Gasteiger partial charge on any atom is 0.300 e. The predicted octanol–water partition coefficient (Wildman–Crippen LogP) is 4.65. The van der Waals surface area contributed by atoms with Gasteiger partial charge in [0.1, 0.15) is 29.2 Å². The van der Waals surface area contributed by atoms with Crippen LogP contribution < -0.4 is 9.64 Å². The molecule has 1 aliphatic heterocycles. The number of benzene rings is 2. The van der Waals surface area contributed by atoms with Crippen molar-refractivity contribution in [2.75, 3.05) is 12.0 Å². The lowest BCUT2D eigenvalue weighted by Crippen LogP contribution is -2.30. The first-order valence-electron chi connectivity index (χ1n) is 9.34. The monoisotopic (exact) mass is 456 g/mol. The van der Waals surface area contributed by atoms with Crippen molar-refractivity contribution in [3.63, 3.8) is 0 Å². The van der Waals surface area contributed by atoms with Crippen molar-refractivity contribution in [3.8, 4) is 5.75 Å². The van der Waals surface area contributed by atoms with E-state index in [1.165, 1.54) is 37.6 Å². The van der Waals surface area contributed by atoms with Crippen LogP contribution >= 0.6 is 11.6 Å². The molecule has 0 saturated carbocycles. The van der Waals surface area contributed by atoms with E-state index in [1.807, 2.05) is 0 Å².